The van der Waals surface area contributed by atoms with E-state index in [2.05, 4.69) is 34.1 Å². The van der Waals surface area contributed by atoms with E-state index in [1.54, 1.807) is 29.9 Å². The number of aromatic nitrogens is 4. The molecule has 0 saturated carbocycles. The van der Waals surface area contributed by atoms with E-state index in [4.69, 9.17) is 0 Å². The highest BCUT2D eigenvalue weighted by molar-refractivity contribution is 7.18. The first-order chi connectivity index (χ1) is 12.5. The Bertz CT molecular complexity index is 1080. The van der Waals surface area contributed by atoms with Crippen LogP contribution in [-0.2, 0) is 7.05 Å². The van der Waals surface area contributed by atoms with E-state index in [1.165, 1.54) is 17.0 Å². The fraction of sp³-hybridized carbons (Fsp3) is 0.211. The molecule has 4 aromatic rings. The molecule has 4 rings (SSSR count). The van der Waals surface area contributed by atoms with Crippen LogP contribution in [-0.4, -0.2) is 19.5 Å². The summed E-state index contributed by atoms with van der Waals surface area (Å²) in [5, 5.41) is 4.47. The van der Waals surface area contributed by atoms with Crippen LogP contribution in [0, 0.1) is 19.7 Å². The van der Waals surface area contributed by atoms with Crippen LogP contribution >= 0.6 is 11.3 Å². The molecule has 1 atom stereocenters. The van der Waals surface area contributed by atoms with Crippen molar-refractivity contribution in [2.75, 3.05) is 5.32 Å². The third-order valence-corrected chi connectivity index (χ3v) is 5.66. The molecule has 0 aliphatic rings. The average molecular weight is 367 g/mol. The predicted octanol–water partition coefficient (Wildman–Crippen LogP) is 4.38. The number of anilines is 1. The Balaban J connectivity index is 1.85. The molecule has 1 N–H and O–H groups in total. The SMILES string of the molecule is Cc1sc2ncnc(N[C@@H](c3cccc(F)c3)c3nccn3C)c2c1C. The van der Waals surface area contributed by atoms with Gasteiger partial charge >= 0.3 is 0 Å². The van der Waals surface area contributed by atoms with E-state index in [0.29, 0.717) is 0 Å². The number of halogens is 1. The lowest BCUT2D eigenvalue weighted by Crippen LogP contribution is -2.18. The molecule has 3 heterocycles. The quantitative estimate of drug-likeness (QED) is 0.581. The molecule has 1 aromatic carbocycles. The number of imidazole rings is 1. The van der Waals surface area contributed by atoms with Crippen molar-refractivity contribution in [1.29, 1.82) is 0 Å². The minimum absolute atomic E-state index is 0.279. The molecule has 0 saturated heterocycles. The fourth-order valence-corrected chi connectivity index (χ4v) is 4.06. The van der Waals surface area contributed by atoms with Crippen molar-refractivity contribution in [2.24, 2.45) is 7.05 Å². The molecular weight excluding hydrogens is 349 g/mol. The maximum absolute atomic E-state index is 13.8. The van der Waals surface area contributed by atoms with Gasteiger partial charge in [0.05, 0.1) is 5.39 Å². The standard InChI is InChI=1S/C19H18FN5S/c1-11-12(2)26-19-15(11)17(22-10-23-19)24-16(18-21-7-8-25(18)3)13-5-4-6-14(20)9-13/h4-10,16H,1-3H3,(H,22,23,24)/t16-/m0/s1. The summed E-state index contributed by atoms with van der Waals surface area (Å²) in [5.74, 6) is 1.24. The van der Waals surface area contributed by atoms with Crippen LogP contribution in [0.1, 0.15) is 27.9 Å². The molecule has 7 heteroatoms. The number of nitrogens with zero attached hydrogens (tertiary/aromatic N) is 4. The van der Waals surface area contributed by atoms with Crippen molar-refractivity contribution in [2.45, 2.75) is 19.9 Å². The summed E-state index contributed by atoms with van der Waals surface area (Å²) in [4.78, 5) is 15.5. The number of thiophene rings is 1. The highest BCUT2D eigenvalue weighted by Crippen LogP contribution is 2.35. The Morgan fingerprint density at radius 1 is 1.19 bits per heavy atom. The number of rotatable bonds is 4. The van der Waals surface area contributed by atoms with E-state index in [-0.39, 0.29) is 11.9 Å². The molecule has 0 unspecified atom stereocenters. The number of benzene rings is 1. The number of nitrogens with one attached hydrogen (secondary N) is 1. The van der Waals surface area contributed by atoms with Gasteiger partial charge < -0.3 is 9.88 Å². The lowest BCUT2D eigenvalue weighted by molar-refractivity contribution is 0.622. The number of aryl methyl sites for hydroxylation is 3. The van der Waals surface area contributed by atoms with Gasteiger partial charge in [0.1, 0.15) is 34.7 Å². The van der Waals surface area contributed by atoms with E-state index in [9.17, 15) is 4.39 Å². The van der Waals surface area contributed by atoms with Crippen molar-refractivity contribution >= 4 is 27.4 Å². The van der Waals surface area contributed by atoms with Crippen LogP contribution in [0.15, 0.2) is 43.0 Å². The summed E-state index contributed by atoms with van der Waals surface area (Å²) < 4.78 is 15.8. The van der Waals surface area contributed by atoms with Gasteiger partial charge in [-0.2, -0.15) is 0 Å². The number of fused-ring (bicyclic) bond motifs is 1. The maximum Gasteiger partial charge on any atom is 0.139 e. The fourth-order valence-electron chi connectivity index (χ4n) is 3.07. The van der Waals surface area contributed by atoms with E-state index in [1.807, 2.05) is 23.9 Å². The summed E-state index contributed by atoms with van der Waals surface area (Å²) in [6.45, 7) is 4.15. The smallest absolute Gasteiger partial charge is 0.139 e. The first kappa shape index (κ1) is 16.7. The van der Waals surface area contributed by atoms with Crippen molar-refractivity contribution in [3.63, 3.8) is 0 Å². The Morgan fingerprint density at radius 2 is 2.04 bits per heavy atom. The second-order valence-corrected chi connectivity index (χ2v) is 7.42. The van der Waals surface area contributed by atoms with Crippen LogP contribution in [0.2, 0.25) is 0 Å². The predicted molar refractivity (Wildman–Crippen MR) is 102 cm³/mol. The second kappa shape index (κ2) is 6.49. The molecule has 132 valence electrons. The van der Waals surface area contributed by atoms with Gasteiger partial charge in [-0.3, -0.25) is 0 Å². The largest absolute Gasteiger partial charge is 0.356 e. The molecule has 0 bridgehead atoms. The Labute approximate surface area is 154 Å². The van der Waals surface area contributed by atoms with Gasteiger partial charge in [0.25, 0.3) is 0 Å². The van der Waals surface area contributed by atoms with Gasteiger partial charge in [0.15, 0.2) is 0 Å². The second-order valence-electron chi connectivity index (χ2n) is 6.21. The summed E-state index contributed by atoms with van der Waals surface area (Å²) >= 11 is 1.65. The lowest BCUT2D eigenvalue weighted by atomic mass is 10.1. The van der Waals surface area contributed by atoms with Gasteiger partial charge in [0, 0.05) is 24.3 Å². The molecule has 5 nitrogen and oxygen atoms in total. The monoisotopic (exact) mass is 367 g/mol. The Hall–Kier alpha value is -2.80. The van der Waals surface area contributed by atoms with E-state index >= 15 is 0 Å². The zero-order chi connectivity index (χ0) is 18.3. The van der Waals surface area contributed by atoms with Gasteiger partial charge in [-0.25, -0.2) is 19.3 Å². The topological polar surface area (TPSA) is 55.6 Å². The van der Waals surface area contributed by atoms with Crippen molar-refractivity contribution in [3.05, 3.63) is 70.6 Å². The molecular formula is C19H18FN5S. The van der Waals surface area contributed by atoms with Crippen LogP contribution in [0.4, 0.5) is 10.2 Å². The molecule has 0 spiro atoms. The molecule has 0 radical (unpaired) electrons. The molecule has 0 amide bonds. The maximum atomic E-state index is 13.8. The molecule has 0 fully saturated rings. The Morgan fingerprint density at radius 3 is 2.77 bits per heavy atom. The zero-order valence-corrected chi connectivity index (χ0v) is 15.5. The van der Waals surface area contributed by atoms with Crippen LogP contribution in [0.5, 0.6) is 0 Å². The van der Waals surface area contributed by atoms with Crippen LogP contribution in [0.25, 0.3) is 10.2 Å². The molecule has 0 aliphatic carbocycles. The number of hydrogen-bond acceptors (Lipinski definition) is 5. The van der Waals surface area contributed by atoms with Crippen LogP contribution < -0.4 is 5.32 Å². The summed E-state index contributed by atoms with van der Waals surface area (Å²) in [5.41, 5.74) is 1.95. The highest BCUT2D eigenvalue weighted by Gasteiger charge is 2.22. The van der Waals surface area contributed by atoms with Gasteiger partial charge in [-0.1, -0.05) is 12.1 Å². The molecule has 26 heavy (non-hydrogen) atoms. The van der Waals surface area contributed by atoms with E-state index in [0.717, 1.165) is 33.0 Å². The van der Waals surface area contributed by atoms with Crippen LogP contribution in [0.3, 0.4) is 0 Å². The summed E-state index contributed by atoms with van der Waals surface area (Å²) in [7, 11) is 1.92. The normalized spacial score (nSPS) is 12.5. The minimum Gasteiger partial charge on any atom is -0.356 e. The van der Waals surface area contributed by atoms with Gasteiger partial charge in [0.2, 0.25) is 0 Å². The zero-order valence-electron chi connectivity index (χ0n) is 14.7. The van der Waals surface area contributed by atoms with Crippen molar-refractivity contribution in [3.8, 4) is 0 Å². The van der Waals surface area contributed by atoms with E-state index < -0.39 is 0 Å². The molecule has 0 aliphatic heterocycles. The molecule has 3 aromatic heterocycles. The first-order valence-corrected chi connectivity index (χ1v) is 9.06. The van der Waals surface area contributed by atoms with Crippen molar-refractivity contribution in [1.82, 2.24) is 19.5 Å². The van der Waals surface area contributed by atoms with Gasteiger partial charge in [-0.05, 0) is 37.1 Å². The summed E-state index contributed by atoms with van der Waals surface area (Å²) in [6, 6.07) is 6.23. The third kappa shape index (κ3) is 2.84. The number of hydrogen-bond donors (Lipinski definition) is 1. The third-order valence-electron chi connectivity index (χ3n) is 4.55. The minimum atomic E-state index is -0.330. The Kier molecular flexibility index (Phi) is 4.16. The summed E-state index contributed by atoms with van der Waals surface area (Å²) in [6.07, 6.45) is 5.17. The van der Waals surface area contributed by atoms with Crippen molar-refractivity contribution < 1.29 is 4.39 Å². The lowest BCUT2D eigenvalue weighted by Gasteiger charge is -2.20. The average Bonchev–Trinajstić information content (AvgIpc) is 3.17. The van der Waals surface area contributed by atoms with Gasteiger partial charge in [-0.15, -0.1) is 11.3 Å². The highest BCUT2D eigenvalue weighted by atomic mass is 32.1. The first-order valence-electron chi connectivity index (χ1n) is 8.24.